The molecule has 3 aromatic rings. The van der Waals surface area contributed by atoms with Crippen LogP contribution >= 0.6 is 0 Å². The molecule has 196 valence electrons. The minimum Gasteiger partial charge on any atom is -0.448 e. The van der Waals surface area contributed by atoms with E-state index < -0.39 is 5.60 Å². The lowest BCUT2D eigenvalue weighted by Gasteiger charge is -2.51. The van der Waals surface area contributed by atoms with Gasteiger partial charge >= 0.3 is 6.09 Å². The molecule has 2 atom stereocenters. The highest BCUT2D eigenvalue weighted by Gasteiger charge is 2.49. The number of fused-ring (bicyclic) bond motifs is 5. The maximum Gasteiger partial charge on any atom is 0.410 e. The molecule has 7 heteroatoms. The molecule has 3 aliphatic heterocycles. The predicted molar refractivity (Wildman–Crippen MR) is 140 cm³/mol. The number of carbonyl (C=O) groups is 1. The molecule has 1 aliphatic carbocycles. The van der Waals surface area contributed by atoms with Gasteiger partial charge in [0.2, 0.25) is 0 Å². The number of benzene rings is 3. The van der Waals surface area contributed by atoms with Gasteiger partial charge in [0, 0.05) is 24.3 Å². The molecule has 3 saturated heterocycles. The second-order valence-corrected chi connectivity index (χ2v) is 10.7. The normalized spacial score (nSPS) is 26.7. The summed E-state index contributed by atoms with van der Waals surface area (Å²) in [4.78, 5) is 15.3. The number of hydrogen-bond donors (Lipinski definition) is 1. The van der Waals surface area contributed by atoms with E-state index in [0.717, 1.165) is 11.1 Å². The lowest BCUT2D eigenvalue weighted by Crippen LogP contribution is -2.62. The number of carbonyl (C=O) groups excluding carboxylic acids is 1. The third-order valence-electron chi connectivity index (χ3n) is 8.44. The van der Waals surface area contributed by atoms with Crippen LogP contribution in [0, 0.1) is 0 Å². The van der Waals surface area contributed by atoms with E-state index in [0.29, 0.717) is 39.3 Å². The van der Waals surface area contributed by atoms with Gasteiger partial charge in [-0.15, -0.1) is 0 Å². The minimum absolute atomic E-state index is 0.00973. The summed E-state index contributed by atoms with van der Waals surface area (Å²) in [5.74, 6) is 0.00973. The van der Waals surface area contributed by atoms with Crippen molar-refractivity contribution in [3.63, 3.8) is 0 Å². The molecule has 1 amide bonds. The predicted octanol–water partition coefficient (Wildman–Crippen LogP) is 4.73. The van der Waals surface area contributed by atoms with E-state index in [1.165, 1.54) is 22.3 Å². The van der Waals surface area contributed by atoms with Gasteiger partial charge in [-0.3, -0.25) is 4.90 Å². The Morgan fingerprint density at radius 1 is 0.868 bits per heavy atom. The fourth-order valence-corrected chi connectivity index (χ4v) is 6.68. The summed E-state index contributed by atoms with van der Waals surface area (Å²) in [6.07, 6.45) is 0.104. The van der Waals surface area contributed by atoms with Crippen LogP contribution in [0.2, 0.25) is 0 Å². The first-order valence-electron chi connectivity index (χ1n) is 13.4. The van der Waals surface area contributed by atoms with Crippen molar-refractivity contribution < 1.29 is 28.8 Å². The van der Waals surface area contributed by atoms with Crippen molar-refractivity contribution in [2.24, 2.45) is 0 Å². The maximum atomic E-state index is 13.5. The van der Waals surface area contributed by atoms with Crippen LogP contribution in [0.5, 0.6) is 0 Å². The highest BCUT2D eigenvalue weighted by atomic mass is 16.7. The van der Waals surface area contributed by atoms with Gasteiger partial charge in [0.25, 0.3) is 0 Å². The topological polar surface area (TPSA) is 77.5 Å². The molecular formula is C31H31NO6. The Kier molecular flexibility index (Phi) is 5.97. The van der Waals surface area contributed by atoms with Gasteiger partial charge in [0.1, 0.15) is 6.61 Å². The van der Waals surface area contributed by atoms with Crippen molar-refractivity contribution in [1.29, 1.82) is 0 Å². The summed E-state index contributed by atoms with van der Waals surface area (Å²) in [6.45, 7) is 2.22. The molecule has 0 spiro atoms. The molecule has 3 aromatic carbocycles. The van der Waals surface area contributed by atoms with Gasteiger partial charge in [-0.25, -0.2) is 4.79 Å². The van der Waals surface area contributed by atoms with Crippen LogP contribution in [0.3, 0.4) is 0 Å². The number of ether oxygens (including phenoxy) is 4. The zero-order valence-corrected chi connectivity index (χ0v) is 21.1. The summed E-state index contributed by atoms with van der Waals surface area (Å²) < 4.78 is 23.0. The van der Waals surface area contributed by atoms with Crippen LogP contribution in [0.15, 0.2) is 72.8 Å². The molecule has 0 aromatic heterocycles. The average molecular weight is 514 g/mol. The van der Waals surface area contributed by atoms with Crippen LogP contribution in [0.4, 0.5) is 4.79 Å². The average Bonchev–Trinajstić information content (AvgIpc) is 3.59. The summed E-state index contributed by atoms with van der Waals surface area (Å²) in [7, 11) is 0. The standard InChI is InChI=1S/C31H31NO6/c33-30(38-19-28-26-7-3-1-5-24(26)25-6-2-4-8-27(25)28)32-22-15-31(34,16-23(32)18-35-17-22)21-11-9-20(10-12-21)29-36-13-14-37-29/h1-12,22-23,28-29,34H,13-19H2. The molecule has 0 saturated carbocycles. The van der Waals surface area contributed by atoms with Gasteiger partial charge in [-0.1, -0.05) is 72.8 Å². The molecule has 38 heavy (non-hydrogen) atoms. The molecule has 7 nitrogen and oxygen atoms in total. The van der Waals surface area contributed by atoms with Crippen molar-refractivity contribution in [2.75, 3.05) is 33.0 Å². The first-order valence-corrected chi connectivity index (χ1v) is 13.4. The van der Waals surface area contributed by atoms with Gasteiger partial charge in [0.05, 0.1) is 44.1 Å². The van der Waals surface area contributed by atoms with Crippen molar-refractivity contribution in [3.05, 3.63) is 95.1 Å². The van der Waals surface area contributed by atoms with Crippen molar-refractivity contribution >= 4 is 6.09 Å². The van der Waals surface area contributed by atoms with E-state index in [-0.39, 0.29) is 37.0 Å². The summed E-state index contributed by atoms with van der Waals surface area (Å²) >= 11 is 0. The highest BCUT2D eigenvalue weighted by Crippen LogP contribution is 2.45. The van der Waals surface area contributed by atoms with Crippen molar-refractivity contribution in [2.45, 2.75) is 42.7 Å². The Balaban J connectivity index is 1.06. The third-order valence-corrected chi connectivity index (χ3v) is 8.44. The van der Waals surface area contributed by atoms with E-state index in [4.69, 9.17) is 18.9 Å². The number of amides is 1. The van der Waals surface area contributed by atoms with E-state index >= 15 is 0 Å². The number of nitrogens with zero attached hydrogens (tertiary/aromatic N) is 1. The Labute approximate surface area is 221 Å². The summed E-state index contributed by atoms with van der Waals surface area (Å²) in [5.41, 5.74) is 5.52. The molecule has 2 bridgehead atoms. The molecule has 7 rings (SSSR count). The SMILES string of the molecule is O=C(OCC1c2ccccc2-c2ccccc21)N1C2COCC1CC(O)(c1ccc(C3OCCO3)cc1)C2. The Morgan fingerprint density at radius 3 is 2.05 bits per heavy atom. The number of rotatable bonds is 4. The van der Waals surface area contributed by atoms with Crippen LogP contribution in [-0.4, -0.2) is 61.2 Å². The molecule has 1 N–H and O–H groups in total. The lowest BCUT2D eigenvalue weighted by molar-refractivity contribution is -0.136. The highest BCUT2D eigenvalue weighted by molar-refractivity contribution is 5.79. The fourth-order valence-electron chi connectivity index (χ4n) is 6.68. The van der Waals surface area contributed by atoms with E-state index in [1.807, 2.05) is 48.5 Å². The smallest absolute Gasteiger partial charge is 0.410 e. The largest absolute Gasteiger partial charge is 0.448 e. The van der Waals surface area contributed by atoms with Crippen LogP contribution in [-0.2, 0) is 24.5 Å². The van der Waals surface area contributed by atoms with Crippen LogP contribution in [0.25, 0.3) is 11.1 Å². The van der Waals surface area contributed by atoms with E-state index in [1.54, 1.807) is 4.90 Å². The zero-order chi connectivity index (χ0) is 25.7. The Hall–Kier alpha value is -3.23. The fraction of sp³-hybridized carbons (Fsp3) is 0.387. The van der Waals surface area contributed by atoms with Crippen molar-refractivity contribution in [3.8, 4) is 11.1 Å². The molecule has 3 fully saturated rings. The number of aliphatic hydroxyl groups is 1. The molecule has 4 aliphatic rings. The summed E-state index contributed by atoms with van der Waals surface area (Å²) in [5, 5.41) is 11.7. The van der Waals surface area contributed by atoms with Crippen LogP contribution < -0.4 is 0 Å². The number of morpholine rings is 1. The quantitative estimate of drug-likeness (QED) is 0.544. The van der Waals surface area contributed by atoms with Crippen LogP contribution in [0.1, 0.15) is 47.3 Å². The summed E-state index contributed by atoms with van der Waals surface area (Å²) in [6, 6.07) is 23.9. The third kappa shape index (κ3) is 4.01. The van der Waals surface area contributed by atoms with Gasteiger partial charge in [-0.05, 0) is 27.8 Å². The van der Waals surface area contributed by atoms with Gasteiger partial charge < -0.3 is 24.1 Å². The van der Waals surface area contributed by atoms with E-state index in [2.05, 4.69) is 24.3 Å². The first-order chi connectivity index (χ1) is 18.6. The first kappa shape index (κ1) is 23.9. The van der Waals surface area contributed by atoms with Crippen molar-refractivity contribution in [1.82, 2.24) is 4.90 Å². The maximum absolute atomic E-state index is 13.5. The minimum atomic E-state index is -1.05. The van der Waals surface area contributed by atoms with Gasteiger partial charge in [0.15, 0.2) is 6.29 Å². The Bertz CT molecular complexity index is 1270. The molecule has 2 unspecified atom stereocenters. The molecular weight excluding hydrogens is 482 g/mol. The molecule has 3 heterocycles. The lowest BCUT2D eigenvalue weighted by atomic mass is 9.77. The van der Waals surface area contributed by atoms with Gasteiger partial charge in [-0.2, -0.15) is 0 Å². The monoisotopic (exact) mass is 513 g/mol. The number of hydrogen-bond acceptors (Lipinski definition) is 6. The Morgan fingerprint density at radius 2 is 1.45 bits per heavy atom. The zero-order valence-electron chi connectivity index (χ0n) is 21.1. The second kappa shape index (κ2) is 9.50. The molecule has 0 radical (unpaired) electrons. The number of piperidine rings is 1. The van der Waals surface area contributed by atoms with E-state index in [9.17, 15) is 9.90 Å². The second-order valence-electron chi connectivity index (χ2n) is 10.7.